The third-order valence-electron chi connectivity index (χ3n) is 2.79. The van der Waals surface area contributed by atoms with Gasteiger partial charge >= 0.3 is 0 Å². The summed E-state index contributed by atoms with van der Waals surface area (Å²) in [5.41, 5.74) is 0.396. The van der Waals surface area contributed by atoms with Crippen LogP contribution in [0, 0.1) is 5.41 Å². The maximum atomic E-state index is 9.13. The van der Waals surface area contributed by atoms with Gasteiger partial charge in [-0.3, -0.25) is 0 Å². The lowest BCUT2D eigenvalue weighted by molar-refractivity contribution is -0.000265. The van der Waals surface area contributed by atoms with Gasteiger partial charge in [0.25, 0.3) is 0 Å². The summed E-state index contributed by atoms with van der Waals surface area (Å²) in [6.07, 6.45) is 1.34. The normalized spacial score (nSPS) is 11.7. The zero-order valence-electron chi connectivity index (χ0n) is 8.76. The topological polar surface area (TPSA) is 60.7 Å². The molecule has 0 unspecified atom stereocenters. The number of benzene rings is 1. The molecule has 0 aromatic heterocycles. The van der Waals surface area contributed by atoms with E-state index in [9.17, 15) is 0 Å². The first-order valence-corrected chi connectivity index (χ1v) is 5.13. The summed E-state index contributed by atoms with van der Waals surface area (Å²) in [6, 6.07) is 9.84. The van der Waals surface area contributed by atoms with Crippen molar-refractivity contribution in [1.82, 2.24) is 0 Å². The number of aryl methyl sites for hydroxylation is 1. The van der Waals surface area contributed by atoms with Crippen LogP contribution in [0.3, 0.4) is 0 Å². The second kappa shape index (κ2) is 5.85. The summed E-state index contributed by atoms with van der Waals surface area (Å²) in [6.45, 7) is -0.563. The lowest BCUT2D eigenvalue weighted by atomic mass is 9.84. The molecule has 0 aliphatic rings. The van der Waals surface area contributed by atoms with Gasteiger partial charge in [-0.05, 0) is 18.4 Å². The number of aliphatic hydroxyl groups excluding tert-OH is 3. The van der Waals surface area contributed by atoms with E-state index in [-0.39, 0.29) is 19.8 Å². The van der Waals surface area contributed by atoms with Crippen LogP contribution in [0.25, 0.3) is 0 Å². The largest absolute Gasteiger partial charge is 0.396 e. The van der Waals surface area contributed by atoms with Crippen molar-refractivity contribution in [3.63, 3.8) is 0 Å². The molecular weight excluding hydrogens is 192 g/mol. The second-order valence-corrected chi connectivity index (χ2v) is 3.96. The quantitative estimate of drug-likeness (QED) is 0.643. The maximum absolute atomic E-state index is 9.13. The van der Waals surface area contributed by atoms with Gasteiger partial charge < -0.3 is 15.3 Å². The monoisotopic (exact) mass is 210 g/mol. The zero-order chi connectivity index (χ0) is 11.1. The van der Waals surface area contributed by atoms with E-state index in [2.05, 4.69) is 0 Å². The molecule has 0 bridgehead atoms. The minimum absolute atomic E-state index is 0.188. The molecule has 84 valence electrons. The van der Waals surface area contributed by atoms with Crippen molar-refractivity contribution in [1.29, 1.82) is 0 Å². The summed E-state index contributed by atoms with van der Waals surface area (Å²) in [4.78, 5) is 0. The highest BCUT2D eigenvalue weighted by molar-refractivity contribution is 5.15. The number of rotatable bonds is 6. The van der Waals surface area contributed by atoms with E-state index in [4.69, 9.17) is 15.3 Å². The molecule has 1 rings (SSSR count). The summed E-state index contributed by atoms with van der Waals surface area (Å²) >= 11 is 0. The highest BCUT2D eigenvalue weighted by Gasteiger charge is 2.27. The van der Waals surface area contributed by atoms with Crippen LogP contribution in [0.5, 0.6) is 0 Å². The third kappa shape index (κ3) is 3.30. The molecule has 0 aliphatic carbocycles. The first-order chi connectivity index (χ1) is 7.26. The summed E-state index contributed by atoms with van der Waals surface area (Å²) < 4.78 is 0. The fourth-order valence-electron chi connectivity index (χ4n) is 1.44. The van der Waals surface area contributed by atoms with Gasteiger partial charge in [-0.1, -0.05) is 30.3 Å². The standard InChI is InChI=1S/C12H18O3/c13-8-12(9-14,10-15)7-6-11-4-2-1-3-5-11/h1-5,13-15H,6-10H2. The fourth-order valence-corrected chi connectivity index (χ4v) is 1.44. The van der Waals surface area contributed by atoms with Crippen molar-refractivity contribution in [2.24, 2.45) is 5.41 Å². The highest BCUT2D eigenvalue weighted by Crippen LogP contribution is 2.22. The Bertz CT molecular complexity index is 259. The van der Waals surface area contributed by atoms with Crippen molar-refractivity contribution in [3.05, 3.63) is 35.9 Å². The van der Waals surface area contributed by atoms with Crippen LogP contribution in [-0.4, -0.2) is 35.1 Å². The molecule has 0 fully saturated rings. The molecule has 0 amide bonds. The van der Waals surface area contributed by atoms with Gasteiger partial charge in [-0.15, -0.1) is 0 Å². The van der Waals surface area contributed by atoms with Crippen LogP contribution in [0.15, 0.2) is 30.3 Å². The predicted molar refractivity (Wildman–Crippen MR) is 58.5 cm³/mol. The minimum Gasteiger partial charge on any atom is -0.396 e. The molecule has 0 radical (unpaired) electrons. The lowest BCUT2D eigenvalue weighted by Gasteiger charge is -2.27. The van der Waals surface area contributed by atoms with E-state index in [1.165, 1.54) is 0 Å². The molecule has 1 aromatic rings. The number of hydrogen-bond acceptors (Lipinski definition) is 3. The van der Waals surface area contributed by atoms with Crippen molar-refractivity contribution in [3.8, 4) is 0 Å². The Hall–Kier alpha value is -0.900. The van der Waals surface area contributed by atoms with Gasteiger partial charge in [-0.25, -0.2) is 0 Å². The van der Waals surface area contributed by atoms with Crippen LogP contribution in [-0.2, 0) is 6.42 Å². The second-order valence-electron chi connectivity index (χ2n) is 3.96. The van der Waals surface area contributed by atoms with Crippen LogP contribution < -0.4 is 0 Å². The molecule has 0 atom stereocenters. The van der Waals surface area contributed by atoms with Gasteiger partial charge in [0, 0.05) is 5.41 Å². The first kappa shape index (κ1) is 12.2. The Morgan fingerprint density at radius 2 is 1.40 bits per heavy atom. The highest BCUT2D eigenvalue weighted by atomic mass is 16.3. The molecule has 1 aromatic carbocycles. The van der Waals surface area contributed by atoms with E-state index in [0.717, 1.165) is 12.0 Å². The number of hydrogen-bond donors (Lipinski definition) is 3. The molecule has 3 N–H and O–H groups in total. The van der Waals surface area contributed by atoms with Gasteiger partial charge in [-0.2, -0.15) is 0 Å². The molecule has 0 heterocycles. The Labute approximate surface area is 90.0 Å². The average Bonchev–Trinajstić information content (AvgIpc) is 2.33. The van der Waals surface area contributed by atoms with E-state index < -0.39 is 5.41 Å². The Kier molecular flexibility index (Phi) is 4.75. The van der Waals surface area contributed by atoms with Gasteiger partial charge in [0.2, 0.25) is 0 Å². The Morgan fingerprint density at radius 1 is 0.867 bits per heavy atom. The zero-order valence-corrected chi connectivity index (χ0v) is 8.76. The first-order valence-electron chi connectivity index (χ1n) is 5.13. The molecule has 0 spiro atoms. The van der Waals surface area contributed by atoms with E-state index in [1.54, 1.807) is 0 Å². The molecular formula is C12H18O3. The van der Waals surface area contributed by atoms with Gasteiger partial charge in [0.1, 0.15) is 0 Å². The van der Waals surface area contributed by atoms with E-state index >= 15 is 0 Å². The summed E-state index contributed by atoms with van der Waals surface area (Å²) in [5, 5.41) is 27.4. The summed E-state index contributed by atoms with van der Waals surface area (Å²) in [5.74, 6) is 0. The van der Waals surface area contributed by atoms with Crippen LogP contribution in [0.2, 0.25) is 0 Å². The number of aliphatic hydroxyl groups is 3. The fraction of sp³-hybridized carbons (Fsp3) is 0.500. The van der Waals surface area contributed by atoms with Crippen molar-refractivity contribution in [2.45, 2.75) is 12.8 Å². The third-order valence-corrected chi connectivity index (χ3v) is 2.79. The Balaban J connectivity index is 2.54. The molecule has 3 nitrogen and oxygen atoms in total. The molecule has 0 saturated carbocycles. The van der Waals surface area contributed by atoms with Crippen LogP contribution in [0.1, 0.15) is 12.0 Å². The van der Waals surface area contributed by atoms with Crippen molar-refractivity contribution in [2.75, 3.05) is 19.8 Å². The molecule has 3 heteroatoms. The van der Waals surface area contributed by atoms with E-state index in [0.29, 0.717) is 6.42 Å². The van der Waals surface area contributed by atoms with Crippen molar-refractivity contribution >= 4 is 0 Å². The van der Waals surface area contributed by atoms with Crippen LogP contribution >= 0.6 is 0 Å². The average molecular weight is 210 g/mol. The minimum atomic E-state index is -0.754. The van der Waals surface area contributed by atoms with Gasteiger partial charge in [0.05, 0.1) is 19.8 Å². The SMILES string of the molecule is OCC(CO)(CO)CCc1ccccc1. The van der Waals surface area contributed by atoms with Crippen molar-refractivity contribution < 1.29 is 15.3 Å². The Morgan fingerprint density at radius 3 is 1.87 bits per heavy atom. The van der Waals surface area contributed by atoms with Gasteiger partial charge in [0.15, 0.2) is 0 Å². The maximum Gasteiger partial charge on any atom is 0.0531 e. The molecule has 0 aliphatic heterocycles. The smallest absolute Gasteiger partial charge is 0.0531 e. The molecule has 15 heavy (non-hydrogen) atoms. The lowest BCUT2D eigenvalue weighted by Crippen LogP contribution is -2.34. The summed E-state index contributed by atoms with van der Waals surface area (Å²) in [7, 11) is 0. The predicted octanol–water partition coefficient (Wildman–Crippen LogP) is 0.582. The van der Waals surface area contributed by atoms with Crippen LogP contribution in [0.4, 0.5) is 0 Å². The molecule has 0 saturated heterocycles. The van der Waals surface area contributed by atoms with E-state index in [1.807, 2.05) is 30.3 Å².